The number of carboxylic acids is 1. The van der Waals surface area contributed by atoms with Gasteiger partial charge >= 0.3 is 12.1 Å². The standard InChI is InChI=1S/C27H28N2O6/c1-27(2,3)29(14-12-23(30)31)25(32)24-22(13-15-34-24)28-26(33)35-16-21-19-10-6-4-8-17(19)18-9-5-7-11-20(18)21/h4-11,13,15,21H,12,14,16H2,1-3H3,(H,28,33)(H,30,31). The Balaban J connectivity index is 1.46. The number of ether oxygens (including phenoxy) is 1. The number of benzene rings is 2. The van der Waals surface area contributed by atoms with Crippen molar-refractivity contribution in [3.05, 3.63) is 77.7 Å². The molecule has 1 aromatic heterocycles. The largest absolute Gasteiger partial charge is 0.481 e. The highest BCUT2D eigenvalue weighted by atomic mass is 16.5. The molecule has 0 saturated carbocycles. The van der Waals surface area contributed by atoms with E-state index in [1.54, 1.807) is 20.8 Å². The van der Waals surface area contributed by atoms with Gasteiger partial charge in [-0.05, 0) is 43.0 Å². The van der Waals surface area contributed by atoms with Crippen LogP contribution in [0.15, 0.2) is 65.3 Å². The molecular weight excluding hydrogens is 448 g/mol. The lowest BCUT2D eigenvalue weighted by Crippen LogP contribution is -2.46. The molecule has 0 spiro atoms. The highest BCUT2D eigenvalue weighted by Crippen LogP contribution is 2.44. The number of anilines is 1. The fourth-order valence-electron chi connectivity index (χ4n) is 4.39. The number of carbonyl (C=O) groups is 3. The van der Waals surface area contributed by atoms with Gasteiger partial charge in [0, 0.05) is 24.1 Å². The number of nitrogens with one attached hydrogen (secondary N) is 1. The summed E-state index contributed by atoms with van der Waals surface area (Å²) >= 11 is 0. The van der Waals surface area contributed by atoms with Gasteiger partial charge in [0.2, 0.25) is 5.76 Å². The molecule has 8 nitrogen and oxygen atoms in total. The van der Waals surface area contributed by atoms with E-state index in [4.69, 9.17) is 14.3 Å². The minimum atomic E-state index is -1.01. The van der Waals surface area contributed by atoms with Crippen molar-refractivity contribution in [2.75, 3.05) is 18.5 Å². The third-order valence-corrected chi connectivity index (χ3v) is 6.04. The molecule has 2 N–H and O–H groups in total. The highest BCUT2D eigenvalue weighted by Gasteiger charge is 2.32. The van der Waals surface area contributed by atoms with E-state index in [1.807, 2.05) is 36.4 Å². The molecule has 1 aliphatic rings. The van der Waals surface area contributed by atoms with Gasteiger partial charge < -0.3 is 19.2 Å². The normalized spacial score (nSPS) is 12.5. The summed E-state index contributed by atoms with van der Waals surface area (Å²) in [5.41, 5.74) is 3.96. The van der Waals surface area contributed by atoms with Crippen molar-refractivity contribution in [1.29, 1.82) is 0 Å². The molecule has 0 bridgehead atoms. The maximum absolute atomic E-state index is 13.2. The lowest BCUT2D eigenvalue weighted by Gasteiger charge is -2.35. The fraction of sp³-hybridized carbons (Fsp3) is 0.296. The predicted octanol–water partition coefficient (Wildman–Crippen LogP) is 5.36. The summed E-state index contributed by atoms with van der Waals surface area (Å²) in [6, 6.07) is 17.6. The van der Waals surface area contributed by atoms with E-state index in [9.17, 15) is 14.4 Å². The van der Waals surface area contributed by atoms with Crippen molar-refractivity contribution in [1.82, 2.24) is 4.90 Å². The Labute approximate surface area is 203 Å². The predicted molar refractivity (Wildman–Crippen MR) is 130 cm³/mol. The third kappa shape index (κ3) is 5.06. The Bertz CT molecular complexity index is 1210. The number of carbonyl (C=O) groups excluding carboxylic acids is 2. The SMILES string of the molecule is CC(C)(C)N(CCC(=O)O)C(=O)c1occc1NC(=O)OCC1c2ccccc2-c2ccccc21. The molecule has 0 aliphatic heterocycles. The van der Waals surface area contributed by atoms with Gasteiger partial charge in [-0.25, -0.2) is 4.79 Å². The number of aliphatic carboxylic acids is 1. The van der Waals surface area contributed by atoms with Gasteiger partial charge in [0.25, 0.3) is 5.91 Å². The third-order valence-electron chi connectivity index (χ3n) is 6.04. The van der Waals surface area contributed by atoms with Crippen LogP contribution in [-0.4, -0.2) is 46.7 Å². The van der Waals surface area contributed by atoms with Crippen molar-refractivity contribution in [2.45, 2.75) is 38.6 Å². The number of hydrogen-bond acceptors (Lipinski definition) is 5. The first-order chi connectivity index (χ1) is 16.7. The number of hydrogen-bond donors (Lipinski definition) is 2. The molecule has 0 radical (unpaired) electrons. The van der Waals surface area contributed by atoms with Gasteiger partial charge in [0.15, 0.2) is 0 Å². The summed E-state index contributed by atoms with van der Waals surface area (Å²) in [4.78, 5) is 38.3. The van der Waals surface area contributed by atoms with Crippen LogP contribution in [0, 0.1) is 0 Å². The van der Waals surface area contributed by atoms with Gasteiger partial charge in [-0.15, -0.1) is 0 Å². The zero-order chi connectivity index (χ0) is 25.2. The van der Waals surface area contributed by atoms with Crippen LogP contribution in [0.3, 0.4) is 0 Å². The van der Waals surface area contributed by atoms with Gasteiger partial charge in [-0.2, -0.15) is 0 Å². The van der Waals surface area contributed by atoms with Crippen molar-refractivity contribution in [3.8, 4) is 11.1 Å². The van der Waals surface area contributed by atoms with E-state index in [0.717, 1.165) is 22.3 Å². The number of fused-ring (bicyclic) bond motifs is 3. The first-order valence-electron chi connectivity index (χ1n) is 11.4. The number of furan rings is 1. The van der Waals surface area contributed by atoms with Gasteiger partial charge in [-0.3, -0.25) is 14.9 Å². The van der Waals surface area contributed by atoms with Gasteiger partial charge in [0.05, 0.1) is 18.4 Å². The molecule has 1 aliphatic carbocycles. The van der Waals surface area contributed by atoms with Crippen molar-refractivity contribution < 1.29 is 28.6 Å². The Kier molecular flexibility index (Phi) is 6.64. The molecule has 0 saturated heterocycles. The van der Waals surface area contributed by atoms with E-state index in [1.165, 1.54) is 17.2 Å². The zero-order valence-electron chi connectivity index (χ0n) is 19.9. The first-order valence-corrected chi connectivity index (χ1v) is 11.4. The van der Waals surface area contributed by atoms with Crippen LogP contribution in [0.2, 0.25) is 0 Å². The molecule has 182 valence electrons. The molecule has 0 fully saturated rings. The quantitative estimate of drug-likeness (QED) is 0.475. The molecule has 1 heterocycles. The maximum atomic E-state index is 13.2. The van der Waals surface area contributed by atoms with Crippen LogP contribution in [0.4, 0.5) is 10.5 Å². The van der Waals surface area contributed by atoms with Crippen molar-refractivity contribution in [2.24, 2.45) is 0 Å². The summed E-state index contributed by atoms with van der Waals surface area (Å²) in [6.45, 7) is 5.54. The van der Waals surface area contributed by atoms with E-state index >= 15 is 0 Å². The van der Waals surface area contributed by atoms with Crippen LogP contribution in [0.1, 0.15) is 54.8 Å². The minimum absolute atomic E-state index is 0.00273. The summed E-state index contributed by atoms with van der Waals surface area (Å²) in [7, 11) is 0. The summed E-state index contributed by atoms with van der Waals surface area (Å²) in [5.74, 6) is -1.70. The minimum Gasteiger partial charge on any atom is -0.481 e. The Morgan fingerprint density at radius 3 is 2.17 bits per heavy atom. The number of carboxylic acid groups (broad SMARTS) is 1. The average molecular weight is 477 g/mol. The molecule has 3 aromatic rings. The number of amides is 2. The molecule has 35 heavy (non-hydrogen) atoms. The van der Waals surface area contributed by atoms with Crippen LogP contribution in [-0.2, 0) is 9.53 Å². The maximum Gasteiger partial charge on any atom is 0.411 e. The van der Waals surface area contributed by atoms with Crippen molar-refractivity contribution >= 4 is 23.7 Å². The first kappa shape index (κ1) is 24.1. The monoisotopic (exact) mass is 476 g/mol. The topological polar surface area (TPSA) is 109 Å². The smallest absolute Gasteiger partial charge is 0.411 e. The highest BCUT2D eigenvalue weighted by molar-refractivity contribution is 6.00. The van der Waals surface area contributed by atoms with Crippen LogP contribution in [0.25, 0.3) is 11.1 Å². The Hall–Kier alpha value is -4.07. The van der Waals surface area contributed by atoms with E-state index in [2.05, 4.69) is 17.4 Å². The van der Waals surface area contributed by atoms with Crippen molar-refractivity contribution in [3.63, 3.8) is 0 Å². The summed E-state index contributed by atoms with van der Waals surface area (Å²) < 4.78 is 10.9. The molecule has 4 rings (SSSR count). The van der Waals surface area contributed by atoms with E-state index in [0.29, 0.717) is 0 Å². The Morgan fingerprint density at radius 1 is 1.00 bits per heavy atom. The molecule has 2 amide bonds. The second-order valence-corrected chi connectivity index (χ2v) is 9.39. The van der Waals surface area contributed by atoms with Crippen LogP contribution >= 0.6 is 0 Å². The molecular formula is C27H28N2O6. The second kappa shape index (κ2) is 9.66. The Morgan fingerprint density at radius 2 is 1.60 bits per heavy atom. The molecule has 0 atom stereocenters. The molecule has 0 unspecified atom stereocenters. The second-order valence-electron chi connectivity index (χ2n) is 9.39. The summed E-state index contributed by atoms with van der Waals surface area (Å²) in [6.07, 6.45) is 0.374. The number of rotatable bonds is 7. The lowest BCUT2D eigenvalue weighted by molar-refractivity contribution is -0.137. The van der Waals surface area contributed by atoms with Crippen LogP contribution in [0.5, 0.6) is 0 Å². The zero-order valence-corrected chi connectivity index (χ0v) is 19.9. The number of nitrogens with zero attached hydrogens (tertiary/aromatic N) is 1. The fourth-order valence-corrected chi connectivity index (χ4v) is 4.39. The van der Waals surface area contributed by atoms with Crippen LogP contribution < -0.4 is 5.32 Å². The van der Waals surface area contributed by atoms with Gasteiger partial charge in [0.1, 0.15) is 6.61 Å². The van der Waals surface area contributed by atoms with E-state index < -0.39 is 23.5 Å². The lowest BCUT2D eigenvalue weighted by atomic mass is 9.98. The summed E-state index contributed by atoms with van der Waals surface area (Å²) in [5, 5.41) is 11.6. The van der Waals surface area contributed by atoms with Gasteiger partial charge in [-0.1, -0.05) is 48.5 Å². The van der Waals surface area contributed by atoms with E-state index in [-0.39, 0.29) is 36.9 Å². The molecule has 8 heteroatoms. The molecule has 2 aromatic carbocycles. The average Bonchev–Trinajstić information content (AvgIpc) is 3.39.